The average molecular weight is 545 g/mol. The molecule has 198 valence electrons. The number of thioether (sulfide) groups is 1. The summed E-state index contributed by atoms with van der Waals surface area (Å²) in [5.41, 5.74) is 1.46. The smallest absolute Gasteiger partial charge is 0.311 e. The minimum absolute atomic E-state index is 0.160. The van der Waals surface area contributed by atoms with Crippen LogP contribution in [-0.2, 0) is 19.1 Å². The van der Waals surface area contributed by atoms with Crippen molar-refractivity contribution in [2.45, 2.75) is 55.7 Å². The molecule has 7 nitrogen and oxygen atoms in total. The van der Waals surface area contributed by atoms with Gasteiger partial charge in [0, 0.05) is 11.3 Å². The third-order valence-electron chi connectivity index (χ3n) is 8.06. The SMILES string of the molecule is Cc1cccc(Cl)c1N1CC=C[C@]23S[C@@]4(C)C=CCOC(=O)[C@H]4[C@H]2C(=O)N([C@@H](CO)CC(C)C)C3C1=O. The van der Waals surface area contributed by atoms with Crippen molar-refractivity contribution in [3.8, 4) is 0 Å². The maximum absolute atomic E-state index is 14.6. The highest BCUT2D eigenvalue weighted by atomic mass is 35.5. The quantitative estimate of drug-likeness (QED) is 0.449. The molecule has 6 atom stereocenters. The number of anilines is 1. The van der Waals surface area contributed by atoms with Crippen LogP contribution in [0.15, 0.2) is 42.5 Å². The maximum Gasteiger partial charge on any atom is 0.311 e. The van der Waals surface area contributed by atoms with Gasteiger partial charge in [-0.1, -0.05) is 55.8 Å². The summed E-state index contributed by atoms with van der Waals surface area (Å²) < 4.78 is 3.77. The van der Waals surface area contributed by atoms with Crippen molar-refractivity contribution in [3.63, 3.8) is 0 Å². The van der Waals surface area contributed by atoms with Crippen LogP contribution in [0.3, 0.4) is 0 Å². The van der Waals surface area contributed by atoms with E-state index >= 15 is 0 Å². The second-order valence-electron chi connectivity index (χ2n) is 11.0. The van der Waals surface area contributed by atoms with Gasteiger partial charge < -0.3 is 19.6 Å². The minimum atomic E-state index is -0.997. The number of carbonyl (C=O) groups is 3. The molecule has 4 aliphatic heterocycles. The predicted octanol–water partition coefficient (Wildman–Crippen LogP) is 3.76. The first-order chi connectivity index (χ1) is 17.6. The Labute approximate surface area is 226 Å². The van der Waals surface area contributed by atoms with Crippen LogP contribution in [-0.4, -0.2) is 69.1 Å². The van der Waals surface area contributed by atoms with Crippen LogP contribution in [0.25, 0.3) is 0 Å². The van der Waals surface area contributed by atoms with E-state index in [1.807, 2.05) is 64.1 Å². The number of nitrogens with zero attached hydrogens (tertiary/aromatic N) is 2. The molecule has 2 fully saturated rings. The lowest BCUT2D eigenvalue weighted by Gasteiger charge is -2.40. The number of aliphatic hydroxyl groups is 1. The van der Waals surface area contributed by atoms with E-state index in [0.29, 0.717) is 17.1 Å². The first-order valence-corrected chi connectivity index (χ1v) is 14.0. The number of amides is 2. The fraction of sp³-hybridized carbons (Fsp3) is 0.536. The molecular formula is C28H33ClN2O5S. The van der Waals surface area contributed by atoms with E-state index in [1.54, 1.807) is 15.9 Å². The van der Waals surface area contributed by atoms with Gasteiger partial charge >= 0.3 is 5.97 Å². The van der Waals surface area contributed by atoms with Gasteiger partial charge in [0.2, 0.25) is 5.91 Å². The minimum Gasteiger partial charge on any atom is -0.461 e. The fourth-order valence-electron chi connectivity index (χ4n) is 6.67. The summed E-state index contributed by atoms with van der Waals surface area (Å²) in [6.45, 7) is 8.06. The summed E-state index contributed by atoms with van der Waals surface area (Å²) in [4.78, 5) is 45.5. The van der Waals surface area contributed by atoms with Crippen molar-refractivity contribution < 1.29 is 24.2 Å². The number of halogens is 1. The van der Waals surface area contributed by atoms with Gasteiger partial charge in [-0.05, 0) is 43.9 Å². The van der Waals surface area contributed by atoms with Crippen LogP contribution in [0.1, 0.15) is 32.8 Å². The van der Waals surface area contributed by atoms with Crippen LogP contribution in [0.2, 0.25) is 5.02 Å². The second-order valence-corrected chi connectivity index (χ2v) is 13.2. The van der Waals surface area contributed by atoms with Gasteiger partial charge in [0.1, 0.15) is 12.6 Å². The molecule has 4 aliphatic rings. The molecule has 1 spiro atoms. The second kappa shape index (κ2) is 9.47. The van der Waals surface area contributed by atoms with Crippen molar-refractivity contribution in [1.82, 2.24) is 4.90 Å². The highest BCUT2D eigenvalue weighted by Crippen LogP contribution is 2.66. The summed E-state index contributed by atoms with van der Waals surface area (Å²) in [5.74, 6) is -2.33. The van der Waals surface area contributed by atoms with E-state index in [1.165, 1.54) is 11.8 Å². The lowest BCUT2D eigenvalue weighted by molar-refractivity contribution is -0.153. The van der Waals surface area contributed by atoms with Crippen molar-refractivity contribution in [2.75, 3.05) is 24.7 Å². The summed E-state index contributed by atoms with van der Waals surface area (Å²) in [6.07, 6.45) is 8.17. The molecule has 0 radical (unpaired) electrons. The van der Waals surface area contributed by atoms with E-state index in [2.05, 4.69) is 0 Å². The highest BCUT2D eigenvalue weighted by Gasteiger charge is 2.74. The number of likely N-dealkylation sites (tertiary alicyclic amines) is 1. The number of rotatable bonds is 5. The van der Waals surface area contributed by atoms with Gasteiger partial charge in [-0.25, -0.2) is 0 Å². The first-order valence-electron chi connectivity index (χ1n) is 12.8. The first kappa shape index (κ1) is 26.3. The molecule has 2 amide bonds. The monoisotopic (exact) mass is 544 g/mol. The average Bonchev–Trinajstić information content (AvgIpc) is 3.10. The van der Waals surface area contributed by atoms with Crippen LogP contribution >= 0.6 is 23.4 Å². The van der Waals surface area contributed by atoms with Crippen molar-refractivity contribution in [2.24, 2.45) is 17.8 Å². The molecule has 5 rings (SSSR count). The molecule has 1 aromatic carbocycles. The molecule has 0 aliphatic carbocycles. The molecule has 0 bridgehead atoms. The Bertz CT molecular complexity index is 1180. The zero-order valence-electron chi connectivity index (χ0n) is 21.5. The molecule has 0 saturated carbocycles. The molecule has 1 unspecified atom stereocenters. The van der Waals surface area contributed by atoms with E-state index in [9.17, 15) is 19.5 Å². The van der Waals surface area contributed by atoms with Gasteiger partial charge in [0.15, 0.2) is 0 Å². The lowest BCUT2D eigenvalue weighted by Crippen LogP contribution is -2.57. The largest absolute Gasteiger partial charge is 0.461 e. The molecule has 0 aromatic heterocycles. The van der Waals surface area contributed by atoms with E-state index < -0.39 is 39.4 Å². The summed E-state index contributed by atoms with van der Waals surface area (Å²) >= 11 is 8.10. The maximum atomic E-state index is 14.6. The fourth-order valence-corrected chi connectivity index (χ4v) is 9.14. The zero-order chi connectivity index (χ0) is 26.7. The summed E-state index contributed by atoms with van der Waals surface area (Å²) in [7, 11) is 0. The number of hydrogen-bond donors (Lipinski definition) is 1. The summed E-state index contributed by atoms with van der Waals surface area (Å²) in [5, 5.41) is 10.9. The van der Waals surface area contributed by atoms with Crippen LogP contribution < -0.4 is 4.90 Å². The number of aliphatic hydroxyl groups excluding tert-OH is 1. The molecular weight excluding hydrogens is 512 g/mol. The van der Waals surface area contributed by atoms with Crippen molar-refractivity contribution in [3.05, 3.63) is 53.1 Å². The molecule has 9 heteroatoms. The topological polar surface area (TPSA) is 87.2 Å². The third-order valence-corrected chi connectivity index (χ3v) is 10.2. The number of hydrogen-bond acceptors (Lipinski definition) is 6. The predicted molar refractivity (Wildman–Crippen MR) is 144 cm³/mol. The standard InChI is InChI=1S/C28H33ClN2O5S/c1-16(2)14-18(15-32)31-23-25(34)30(22-17(3)8-5-9-19(22)29)12-6-11-28(23)20(24(31)33)21-26(35)36-13-7-10-27(21,4)37-28/h5-11,16,18,20-21,23,32H,12-15H2,1-4H3/t18-,20+,21-,23?,27+,28+/m1/s1. The van der Waals surface area contributed by atoms with Gasteiger partial charge in [0.25, 0.3) is 5.91 Å². The van der Waals surface area contributed by atoms with Crippen LogP contribution in [0.4, 0.5) is 5.69 Å². The summed E-state index contributed by atoms with van der Waals surface area (Å²) in [6, 6.07) is 4.02. The molecule has 1 aromatic rings. The van der Waals surface area contributed by atoms with Gasteiger partial charge in [-0.15, -0.1) is 11.8 Å². The number of aryl methyl sites for hydroxylation is 1. The number of para-hydroxylation sites is 1. The van der Waals surface area contributed by atoms with E-state index in [-0.39, 0.29) is 37.5 Å². The third kappa shape index (κ3) is 3.94. The Balaban J connectivity index is 1.70. The number of fused-ring (bicyclic) bond motifs is 2. The number of ether oxygens (including phenoxy) is 1. The Morgan fingerprint density at radius 2 is 1.92 bits per heavy atom. The normalized spacial score (nSPS) is 33.7. The highest BCUT2D eigenvalue weighted by molar-refractivity contribution is 8.02. The molecule has 4 heterocycles. The van der Waals surface area contributed by atoms with Gasteiger partial charge in [0.05, 0.1) is 39.9 Å². The lowest BCUT2D eigenvalue weighted by atomic mass is 9.75. The number of cyclic esters (lactones) is 1. The Hall–Kier alpha value is -2.29. The van der Waals surface area contributed by atoms with Crippen LogP contribution in [0.5, 0.6) is 0 Å². The van der Waals surface area contributed by atoms with Gasteiger partial charge in [-0.3, -0.25) is 14.4 Å². The zero-order valence-corrected chi connectivity index (χ0v) is 23.1. The van der Waals surface area contributed by atoms with E-state index in [0.717, 1.165) is 5.56 Å². The number of benzene rings is 1. The number of esters is 1. The molecule has 1 N–H and O–H groups in total. The molecule has 2 saturated heterocycles. The Kier molecular flexibility index (Phi) is 6.74. The molecule has 37 heavy (non-hydrogen) atoms. The van der Waals surface area contributed by atoms with Gasteiger partial charge in [-0.2, -0.15) is 0 Å². The van der Waals surface area contributed by atoms with Crippen molar-refractivity contribution in [1.29, 1.82) is 0 Å². The Morgan fingerprint density at radius 1 is 1.16 bits per heavy atom. The van der Waals surface area contributed by atoms with E-state index in [4.69, 9.17) is 16.3 Å². The van der Waals surface area contributed by atoms with Crippen molar-refractivity contribution >= 4 is 46.8 Å². The Morgan fingerprint density at radius 3 is 2.59 bits per heavy atom. The number of carbonyl (C=O) groups excluding carboxylic acids is 3. The van der Waals surface area contributed by atoms with Crippen LogP contribution in [0, 0.1) is 24.7 Å².